The number of para-hydroxylation sites is 1. The Morgan fingerprint density at radius 1 is 1.30 bits per heavy atom. The van der Waals surface area contributed by atoms with Crippen LogP contribution in [0.1, 0.15) is 5.56 Å². The standard InChI is InChI=1S/C18H15NO2S2/c1-3-17(20)21-15-9-6-7-12(13(15)11-22-2)18-19-14-8-4-5-10-16(14)23-18/h3-10H,1,11H2,2H3. The minimum absolute atomic E-state index is 0.450. The van der Waals surface area contributed by atoms with Crippen molar-refractivity contribution in [2.75, 3.05) is 6.26 Å². The molecule has 0 fully saturated rings. The van der Waals surface area contributed by atoms with Crippen LogP contribution in [-0.4, -0.2) is 17.2 Å². The van der Waals surface area contributed by atoms with Crippen LogP contribution < -0.4 is 4.74 Å². The predicted octanol–water partition coefficient (Wildman–Crippen LogP) is 4.92. The fraction of sp³-hybridized carbons (Fsp3) is 0.111. The summed E-state index contributed by atoms with van der Waals surface area (Å²) in [6, 6.07) is 13.8. The van der Waals surface area contributed by atoms with E-state index in [2.05, 4.69) is 12.6 Å². The molecule has 0 unspecified atom stereocenters. The Bertz CT molecular complexity index is 837. The molecule has 23 heavy (non-hydrogen) atoms. The Morgan fingerprint density at radius 3 is 2.87 bits per heavy atom. The molecule has 0 amide bonds. The number of thioether (sulfide) groups is 1. The summed E-state index contributed by atoms with van der Waals surface area (Å²) in [7, 11) is 0. The molecular formula is C18H15NO2S2. The molecule has 3 nitrogen and oxygen atoms in total. The first-order valence-electron chi connectivity index (χ1n) is 7.04. The lowest BCUT2D eigenvalue weighted by Crippen LogP contribution is -2.05. The van der Waals surface area contributed by atoms with E-state index < -0.39 is 5.97 Å². The number of nitrogens with zero attached hydrogens (tertiary/aromatic N) is 1. The number of hydrogen-bond donors (Lipinski definition) is 0. The Balaban J connectivity index is 2.11. The van der Waals surface area contributed by atoms with E-state index in [1.54, 1.807) is 23.1 Å². The molecule has 0 spiro atoms. The fourth-order valence-corrected chi connectivity index (χ4v) is 3.90. The van der Waals surface area contributed by atoms with Gasteiger partial charge in [-0.25, -0.2) is 9.78 Å². The summed E-state index contributed by atoms with van der Waals surface area (Å²) in [5, 5.41) is 0.937. The fourth-order valence-electron chi connectivity index (χ4n) is 2.29. The van der Waals surface area contributed by atoms with Gasteiger partial charge in [0, 0.05) is 23.0 Å². The molecule has 1 heterocycles. The van der Waals surface area contributed by atoms with Crippen LogP contribution in [0, 0.1) is 0 Å². The van der Waals surface area contributed by atoms with Crippen molar-refractivity contribution in [1.82, 2.24) is 4.98 Å². The van der Waals surface area contributed by atoms with Crippen LogP contribution in [0.2, 0.25) is 0 Å². The molecule has 0 aliphatic heterocycles. The van der Waals surface area contributed by atoms with E-state index in [0.717, 1.165) is 32.1 Å². The molecule has 2 aromatic carbocycles. The minimum atomic E-state index is -0.450. The number of carbonyl (C=O) groups excluding carboxylic acids is 1. The van der Waals surface area contributed by atoms with Gasteiger partial charge in [0.1, 0.15) is 10.8 Å². The van der Waals surface area contributed by atoms with Crippen molar-refractivity contribution >= 4 is 39.3 Å². The smallest absolute Gasteiger partial charge is 0.335 e. The van der Waals surface area contributed by atoms with Crippen molar-refractivity contribution in [2.45, 2.75) is 5.75 Å². The van der Waals surface area contributed by atoms with E-state index in [1.165, 1.54) is 6.08 Å². The molecule has 1 aromatic heterocycles. The van der Waals surface area contributed by atoms with Crippen molar-refractivity contribution in [3.05, 3.63) is 60.7 Å². The number of fused-ring (bicyclic) bond motifs is 1. The maximum absolute atomic E-state index is 11.6. The second kappa shape index (κ2) is 6.98. The second-order valence-corrected chi connectivity index (χ2v) is 6.72. The van der Waals surface area contributed by atoms with Gasteiger partial charge in [0.15, 0.2) is 0 Å². The summed E-state index contributed by atoms with van der Waals surface area (Å²) in [5.74, 6) is 0.862. The minimum Gasteiger partial charge on any atom is -0.423 e. The van der Waals surface area contributed by atoms with Gasteiger partial charge in [-0.2, -0.15) is 11.8 Å². The van der Waals surface area contributed by atoms with Crippen LogP contribution in [0.25, 0.3) is 20.8 Å². The third-order valence-electron chi connectivity index (χ3n) is 3.32. The van der Waals surface area contributed by atoms with Crippen LogP contribution in [0.5, 0.6) is 5.75 Å². The number of ether oxygens (including phenoxy) is 1. The van der Waals surface area contributed by atoms with Gasteiger partial charge in [-0.05, 0) is 24.5 Å². The van der Waals surface area contributed by atoms with Gasteiger partial charge in [0.25, 0.3) is 0 Å². The van der Waals surface area contributed by atoms with Gasteiger partial charge in [-0.3, -0.25) is 0 Å². The van der Waals surface area contributed by atoms with Crippen LogP contribution >= 0.6 is 23.1 Å². The van der Waals surface area contributed by atoms with Crippen LogP contribution in [0.3, 0.4) is 0 Å². The first-order valence-corrected chi connectivity index (χ1v) is 9.25. The predicted molar refractivity (Wildman–Crippen MR) is 98.1 cm³/mol. The van der Waals surface area contributed by atoms with E-state index in [1.807, 2.05) is 42.7 Å². The van der Waals surface area contributed by atoms with Gasteiger partial charge in [0.2, 0.25) is 0 Å². The number of benzene rings is 2. The zero-order valence-corrected chi connectivity index (χ0v) is 14.2. The van der Waals surface area contributed by atoms with Crippen LogP contribution in [0.15, 0.2) is 55.1 Å². The molecule has 0 saturated carbocycles. The lowest BCUT2D eigenvalue weighted by molar-refractivity contribution is -0.129. The monoisotopic (exact) mass is 341 g/mol. The van der Waals surface area contributed by atoms with Crippen LogP contribution in [-0.2, 0) is 10.5 Å². The summed E-state index contributed by atoms with van der Waals surface area (Å²) in [6.45, 7) is 3.45. The summed E-state index contributed by atoms with van der Waals surface area (Å²) in [5.41, 5.74) is 2.97. The third-order valence-corrected chi connectivity index (χ3v) is 4.97. The molecule has 0 saturated heterocycles. The number of thiazole rings is 1. The molecule has 0 N–H and O–H groups in total. The lowest BCUT2D eigenvalue weighted by Gasteiger charge is -2.11. The molecule has 5 heteroatoms. The Kier molecular flexibility index (Phi) is 4.79. The molecule has 0 aliphatic carbocycles. The van der Waals surface area contributed by atoms with Crippen LogP contribution in [0.4, 0.5) is 0 Å². The Morgan fingerprint density at radius 2 is 2.13 bits per heavy atom. The lowest BCUT2D eigenvalue weighted by atomic mass is 10.1. The first-order chi connectivity index (χ1) is 11.2. The molecule has 3 aromatic rings. The first kappa shape index (κ1) is 15.8. The van der Waals surface area contributed by atoms with E-state index in [4.69, 9.17) is 9.72 Å². The maximum atomic E-state index is 11.6. The largest absolute Gasteiger partial charge is 0.423 e. The highest BCUT2D eigenvalue weighted by Gasteiger charge is 2.15. The Hall–Kier alpha value is -2.11. The second-order valence-electron chi connectivity index (χ2n) is 4.83. The molecule has 3 rings (SSSR count). The number of carbonyl (C=O) groups is 1. The summed E-state index contributed by atoms with van der Waals surface area (Å²) >= 11 is 3.32. The van der Waals surface area contributed by atoms with Crippen molar-refractivity contribution in [3.8, 4) is 16.3 Å². The number of rotatable bonds is 5. The zero-order valence-electron chi connectivity index (χ0n) is 12.6. The van der Waals surface area contributed by atoms with E-state index in [0.29, 0.717) is 5.75 Å². The molecule has 0 aliphatic rings. The number of esters is 1. The van der Waals surface area contributed by atoms with E-state index in [9.17, 15) is 4.79 Å². The van der Waals surface area contributed by atoms with Gasteiger partial charge >= 0.3 is 5.97 Å². The van der Waals surface area contributed by atoms with Crippen molar-refractivity contribution in [2.24, 2.45) is 0 Å². The SMILES string of the molecule is C=CC(=O)Oc1cccc(-c2nc3ccccc3s2)c1CSC. The highest BCUT2D eigenvalue weighted by Crippen LogP contribution is 2.37. The van der Waals surface area contributed by atoms with Gasteiger partial charge in [-0.1, -0.05) is 30.8 Å². The zero-order chi connectivity index (χ0) is 16.2. The topological polar surface area (TPSA) is 39.2 Å². The molecule has 116 valence electrons. The summed E-state index contributed by atoms with van der Waals surface area (Å²) in [4.78, 5) is 16.3. The highest BCUT2D eigenvalue weighted by molar-refractivity contribution is 7.97. The number of aromatic nitrogens is 1. The average molecular weight is 341 g/mol. The van der Waals surface area contributed by atoms with E-state index >= 15 is 0 Å². The average Bonchev–Trinajstić information content (AvgIpc) is 3.00. The van der Waals surface area contributed by atoms with Gasteiger partial charge in [0.05, 0.1) is 10.2 Å². The summed E-state index contributed by atoms with van der Waals surface area (Å²) in [6.07, 6.45) is 3.20. The van der Waals surface area contributed by atoms with E-state index in [-0.39, 0.29) is 0 Å². The van der Waals surface area contributed by atoms with Crippen molar-refractivity contribution in [1.29, 1.82) is 0 Å². The van der Waals surface area contributed by atoms with Gasteiger partial charge < -0.3 is 4.74 Å². The summed E-state index contributed by atoms with van der Waals surface area (Å²) < 4.78 is 6.53. The molecule has 0 radical (unpaired) electrons. The Labute approximate surface area is 143 Å². The van der Waals surface area contributed by atoms with Gasteiger partial charge in [-0.15, -0.1) is 11.3 Å². The quantitative estimate of drug-likeness (QED) is 0.375. The molecule has 0 bridgehead atoms. The third kappa shape index (κ3) is 3.30. The van der Waals surface area contributed by atoms with Crippen molar-refractivity contribution < 1.29 is 9.53 Å². The molecule has 0 atom stereocenters. The van der Waals surface area contributed by atoms with Crippen molar-refractivity contribution in [3.63, 3.8) is 0 Å². The highest BCUT2D eigenvalue weighted by atomic mass is 32.2. The normalized spacial score (nSPS) is 10.7. The molecular weight excluding hydrogens is 326 g/mol. The number of hydrogen-bond acceptors (Lipinski definition) is 5. The maximum Gasteiger partial charge on any atom is 0.335 e.